The van der Waals surface area contributed by atoms with Crippen molar-refractivity contribution in [2.75, 3.05) is 13.2 Å². The molecule has 0 bridgehead atoms. The van der Waals surface area contributed by atoms with Gasteiger partial charge in [-0.2, -0.15) is 0 Å². The smallest absolute Gasteiger partial charge is 0.374 e. The third-order valence-corrected chi connectivity index (χ3v) is 6.42. The molecule has 1 atom stereocenters. The van der Waals surface area contributed by atoms with E-state index in [1.165, 1.54) is 0 Å². The van der Waals surface area contributed by atoms with Crippen molar-refractivity contribution < 1.29 is 13.3 Å². The van der Waals surface area contributed by atoms with Gasteiger partial charge in [0.25, 0.3) is 0 Å². The molecular formula is C15H33NO3Si. The van der Waals surface area contributed by atoms with Crippen LogP contribution in [0.4, 0.5) is 0 Å². The molecule has 0 rings (SSSR count). The molecule has 0 aliphatic rings. The molecule has 4 nitrogen and oxygen atoms in total. The predicted octanol–water partition coefficient (Wildman–Crippen LogP) is 4.42. The fourth-order valence-electron chi connectivity index (χ4n) is 1.95. The van der Waals surface area contributed by atoms with Crippen LogP contribution in [0.2, 0.25) is 6.04 Å². The second kappa shape index (κ2) is 10.5. The first-order valence-corrected chi connectivity index (χ1v) is 9.96. The summed E-state index contributed by atoms with van der Waals surface area (Å²) in [5.74, 6) is 0. The zero-order chi connectivity index (χ0) is 15.5. The number of nitrogens with zero attached hydrogens (tertiary/aromatic N) is 1. The zero-order valence-electron chi connectivity index (χ0n) is 14.2. The molecule has 0 aromatic rings. The first-order chi connectivity index (χ1) is 9.51. The lowest BCUT2D eigenvalue weighted by atomic mass is 10.2. The van der Waals surface area contributed by atoms with Crippen molar-refractivity contribution in [3.8, 4) is 0 Å². The summed E-state index contributed by atoms with van der Waals surface area (Å²) >= 11 is 0. The molecule has 0 amide bonds. The molecule has 0 fully saturated rings. The highest BCUT2D eigenvalue weighted by atomic mass is 28.4. The predicted molar refractivity (Wildman–Crippen MR) is 87.3 cm³/mol. The quantitative estimate of drug-likeness (QED) is 0.396. The van der Waals surface area contributed by atoms with E-state index >= 15 is 0 Å². The average Bonchev–Trinajstić information content (AvgIpc) is 2.40. The molecule has 0 aromatic heterocycles. The van der Waals surface area contributed by atoms with Crippen molar-refractivity contribution in [1.82, 2.24) is 0 Å². The summed E-state index contributed by atoms with van der Waals surface area (Å²) in [7, 11) is -2.63. The van der Waals surface area contributed by atoms with Crippen molar-refractivity contribution in [3.63, 3.8) is 0 Å². The molecule has 0 saturated heterocycles. The fraction of sp³-hybridized carbons (Fsp3) is 0.933. The van der Waals surface area contributed by atoms with Crippen LogP contribution >= 0.6 is 0 Å². The van der Waals surface area contributed by atoms with Gasteiger partial charge < -0.3 is 13.3 Å². The van der Waals surface area contributed by atoms with Gasteiger partial charge in [-0.25, -0.2) is 0 Å². The maximum atomic E-state index is 6.34. The highest BCUT2D eigenvalue weighted by Crippen LogP contribution is 2.28. The Bertz CT molecular complexity index is 257. The third-order valence-electron chi connectivity index (χ3n) is 3.10. The molecule has 0 heterocycles. The third kappa shape index (κ3) is 6.97. The van der Waals surface area contributed by atoms with Gasteiger partial charge in [0.1, 0.15) is 5.72 Å². The summed E-state index contributed by atoms with van der Waals surface area (Å²) < 4.78 is 18.2. The van der Waals surface area contributed by atoms with Crippen LogP contribution in [0.3, 0.4) is 0 Å². The Morgan fingerprint density at radius 2 is 1.60 bits per heavy atom. The van der Waals surface area contributed by atoms with Gasteiger partial charge in [0, 0.05) is 25.5 Å². The normalized spacial score (nSPS) is 15.7. The molecule has 0 spiro atoms. The Morgan fingerprint density at radius 3 is 2.00 bits per heavy atom. The largest absolute Gasteiger partial charge is 0.502 e. The van der Waals surface area contributed by atoms with Gasteiger partial charge in [-0.15, -0.1) is 0 Å². The van der Waals surface area contributed by atoms with Crippen molar-refractivity contribution in [2.24, 2.45) is 4.99 Å². The molecule has 0 aromatic carbocycles. The van der Waals surface area contributed by atoms with Crippen LogP contribution in [-0.4, -0.2) is 34.0 Å². The first-order valence-electron chi connectivity index (χ1n) is 8.03. The van der Waals surface area contributed by atoms with E-state index in [1.54, 1.807) is 0 Å². The van der Waals surface area contributed by atoms with Gasteiger partial charge in [-0.05, 0) is 33.6 Å². The summed E-state index contributed by atoms with van der Waals surface area (Å²) in [6.07, 6.45) is 5.84. The molecule has 0 aliphatic carbocycles. The Kier molecular flexibility index (Phi) is 10.4. The molecule has 1 unspecified atom stereocenters. The molecule has 0 saturated carbocycles. The van der Waals surface area contributed by atoms with Crippen LogP contribution < -0.4 is 0 Å². The van der Waals surface area contributed by atoms with Gasteiger partial charge >= 0.3 is 8.80 Å². The van der Waals surface area contributed by atoms with Crippen LogP contribution in [0.1, 0.15) is 67.2 Å². The van der Waals surface area contributed by atoms with E-state index < -0.39 is 14.5 Å². The van der Waals surface area contributed by atoms with Gasteiger partial charge in [0.15, 0.2) is 0 Å². The van der Waals surface area contributed by atoms with Gasteiger partial charge in [-0.3, -0.25) is 4.99 Å². The minimum Gasteiger partial charge on any atom is -0.374 e. The summed E-state index contributed by atoms with van der Waals surface area (Å²) in [4.78, 5) is 4.62. The lowest BCUT2D eigenvalue weighted by molar-refractivity contribution is -0.0172. The lowest BCUT2D eigenvalue weighted by Crippen LogP contribution is -2.51. The second-order valence-electron chi connectivity index (χ2n) is 5.03. The van der Waals surface area contributed by atoms with Gasteiger partial charge in [0.2, 0.25) is 0 Å². The van der Waals surface area contributed by atoms with Crippen molar-refractivity contribution in [3.05, 3.63) is 0 Å². The summed E-state index contributed by atoms with van der Waals surface area (Å²) in [6, 6.07) is 0.841. The van der Waals surface area contributed by atoms with E-state index in [2.05, 4.69) is 25.8 Å². The topological polar surface area (TPSA) is 40.0 Å². The van der Waals surface area contributed by atoms with Crippen molar-refractivity contribution in [1.29, 1.82) is 0 Å². The van der Waals surface area contributed by atoms with Gasteiger partial charge in [0.05, 0.1) is 0 Å². The monoisotopic (exact) mass is 303 g/mol. The molecule has 5 heteroatoms. The number of rotatable bonds is 12. The van der Waals surface area contributed by atoms with Crippen molar-refractivity contribution >= 4 is 15.0 Å². The van der Waals surface area contributed by atoms with Gasteiger partial charge in [-0.1, -0.05) is 33.6 Å². The first kappa shape index (κ1) is 19.8. The number of hydrogen-bond acceptors (Lipinski definition) is 4. The van der Waals surface area contributed by atoms with E-state index in [0.717, 1.165) is 31.7 Å². The molecular weight excluding hydrogens is 270 g/mol. The number of aliphatic imine (C=N–C) groups is 1. The lowest BCUT2D eigenvalue weighted by Gasteiger charge is -2.36. The Morgan fingerprint density at radius 1 is 1.00 bits per heavy atom. The molecule has 0 radical (unpaired) electrons. The van der Waals surface area contributed by atoms with E-state index in [-0.39, 0.29) is 0 Å². The highest BCUT2D eigenvalue weighted by Gasteiger charge is 2.45. The molecule has 120 valence electrons. The number of hydrogen-bond donors (Lipinski definition) is 0. The minimum atomic E-state index is -2.63. The standard InChI is InChI=1S/C15H33NO3Si/c1-7-12-13-16-15(6,9-3)19-20(14-8-2,17-10-4)18-11-5/h13H,7-12,14H2,1-6H3. The minimum absolute atomic E-state index is 0.541. The van der Waals surface area contributed by atoms with E-state index in [4.69, 9.17) is 13.3 Å². The molecule has 0 aliphatic heterocycles. The van der Waals surface area contributed by atoms with E-state index in [0.29, 0.717) is 13.2 Å². The SMILES string of the molecule is CCCC=NC(C)(CC)O[Si](CCC)(OCC)OCC. The van der Waals surface area contributed by atoms with Crippen LogP contribution in [0, 0.1) is 0 Å². The summed E-state index contributed by atoms with van der Waals surface area (Å²) in [6.45, 7) is 13.6. The molecule has 20 heavy (non-hydrogen) atoms. The van der Waals surface area contributed by atoms with E-state index in [1.807, 2.05) is 27.0 Å². The van der Waals surface area contributed by atoms with Crippen LogP contribution in [0.5, 0.6) is 0 Å². The Hall–Kier alpha value is -0.233. The molecule has 0 N–H and O–H groups in total. The van der Waals surface area contributed by atoms with Crippen LogP contribution in [-0.2, 0) is 13.3 Å². The average molecular weight is 304 g/mol. The van der Waals surface area contributed by atoms with Crippen LogP contribution in [0.15, 0.2) is 4.99 Å². The Labute approximate surface area is 126 Å². The maximum Gasteiger partial charge on any atom is 0.502 e. The highest BCUT2D eigenvalue weighted by molar-refractivity contribution is 6.60. The number of unbranched alkanes of at least 4 members (excludes halogenated alkanes) is 1. The maximum absolute atomic E-state index is 6.34. The van der Waals surface area contributed by atoms with Crippen LogP contribution in [0.25, 0.3) is 0 Å². The fourth-order valence-corrected chi connectivity index (χ4v) is 4.90. The summed E-state index contributed by atoms with van der Waals surface area (Å²) in [5, 5.41) is 0. The summed E-state index contributed by atoms with van der Waals surface area (Å²) in [5.41, 5.74) is -0.541. The van der Waals surface area contributed by atoms with E-state index in [9.17, 15) is 0 Å². The second-order valence-corrected chi connectivity index (χ2v) is 7.68. The van der Waals surface area contributed by atoms with Crippen molar-refractivity contribution in [2.45, 2.75) is 79.0 Å². The zero-order valence-corrected chi connectivity index (χ0v) is 15.2. The Balaban J connectivity index is 5.04.